The summed E-state index contributed by atoms with van der Waals surface area (Å²) in [6, 6.07) is 7.51. The molecule has 0 unspecified atom stereocenters. The van der Waals surface area contributed by atoms with E-state index < -0.39 is 12.5 Å². The fourth-order valence-electron chi connectivity index (χ4n) is 1.53. The second-order valence-electron chi connectivity index (χ2n) is 4.23. The van der Waals surface area contributed by atoms with Gasteiger partial charge in [-0.2, -0.15) is 14.0 Å². The Labute approximate surface area is 122 Å². The Morgan fingerprint density at radius 2 is 2.10 bits per heavy atom. The van der Waals surface area contributed by atoms with E-state index in [-0.39, 0.29) is 11.3 Å². The summed E-state index contributed by atoms with van der Waals surface area (Å²) in [7, 11) is 0. The number of nitrogens with one attached hydrogen (secondary N) is 1. The van der Waals surface area contributed by atoms with Gasteiger partial charge in [0.2, 0.25) is 0 Å². The summed E-state index contributed by atoms with van der Waals surface area (Å²) in [5, 5.41) is 11.6. The van der Waals surface area contributed by atoms with E-state index in [2.05, 4.69) is 10.1 Å². The average molecular weight is 294 g/mol. The summed E-state index contributed by atoms with van der Waals surface area (Å²) < 4.78 is 28.2. The van der Waals surface area contributed by atoms with Crippen molar-refractivity contribution in [1.82, 2.24) is 5.32 Å². The van der Waals surface area contributed by atoms with Gasteiger partial charge in [-0.3, -0.25) is 4.79 Å². The van der Waals surface area contributed by atoms with Crippen LogP contribution in [0.15, 0.2) is 29.8 Å². The molecule has 0 aliphatic carbocycles. The summed E-state index contributed by atoms with van der Waals surface area (Å²) in [5.41, 5.74) is 0.521. The second kappa shape index (κ2) is 8.69. The highest BCUT2D eigenvalue weighted by molar-refractivity contribution is 6.01. The van der Waals surface area contributed by atoms with Crippen LogP contribution in [0.4, 0.5) is 8.78 Å². The van der Waals surface area contributed by atoms with E-state index in [9.17, 15) is 13.6 Å². The zero-order chi connectivity index (χ0) is 15.7. The van der Waals surface area contributed by atoms with Gasteiger partial charge in [-0.25, -0.2) is 0 Å². The van der Waals surface area contributed by atoms with E-state index in [1.54, 1.807) is 0 Å². The van der Waals surface area contributed by atoms with Crippen LogP contribution in [0.3, 0.4) is 0 Å². The maximum atomic E-state index is 12.0. The van der Waals surface area contributed by atoms with Gasteiger partial charge in [0, 0.05) is 6.54 Å². The monoisotopic (exact) mass is 294 g/mol. The van der Waals surface area contributed by atoms with Gasteiger partial charge >= 0.3 is 6.61 Å². The molecule has 0 heterocycles. The number of rotatable bonds is 7. The minimum atomic E-state index is -2.88. The molecule has 0 aliphatic rings. The largest absolute Gasteiger partial charge is 0.435 e. The molecule has 1 N–H and O–H groups in total. The molecule has 4 nitrogen and oxygen atoms in total. The van der Waals surface area contributed by atoms with Crippen LogP contribution < -0.4 is 10.1 Å². The number of alkyl halides is 2. The minimum absolute atomic E-state index is 0.0213. The lowest BCUT2D eigenvalue weighted by Crippen LogP contribution is -2.25. The van der Waals surface area contributed by atoms with E-state index in [1.807, 2.05) is 13.0 Å². The van der Waals surface area contributed by atoms with Crippen LogP contribution in [0, 0.1) is 11.3 Å². The van der Waals surface area contributed by atoms with Crippen LogP contribution in [0.1, 0.15) is 25.3 Å². The van der Waals surface area contributed by atoms with Gasteiger partial charge in [-0.1, -0.05) is 25.5 Å². The van der Waals surface area contributed by atoms with E-state index in [1.165, 1.54) is 30.3 Å². The molecule has 0 aromatic heterocycles. The van der Waals surface area contributed by atoms with E-state index in [0.717, 1.165) is 12.8 Å². The first-order chi connectivity index (χ1) is 10.1. The molecule has 1 aromatic rings. The summed E-state index contributed by atoms with van der Waals surface area (Å²) in [4.78, 5) is 11.7. The number of carbonyl (C=O) groups excluding carboxylic acids is 1. The van der Waals surface area contributed by atoms with Crippen LogP contribution in [0.5, 0.6) is 5.75 Å². The first kappa shape index (κ1) is 16.6. The van der Waals surface area contributed by atoms with Gasteiger partial charge in [-0.15, -0.1) is 0 Å². The number of carbonyl (C=O) groups is 1. The molecule has 0 saturated carbocycles. The molecule has 0 atom stereocenters. The average Bonchev–Trinajstić information content (AvgIpc) is 2.46. The van der Waals surface area contributed by atoms with E-state index in [4.69, 9.17) is 5.26 Å². The number of amides is 1. The van der Waals surface area contributed by atoms with Crippen molar-refractivity contribution < 1.29 is 18.3 Å². The first-order valence-electron chi connectivity index (χ1n) is 6.51. The van der Waals surface area contributed by atoms with Crippen LogP contribution in [0.25, 0.3) is 6.08 Å². The third kappa shape index (κ3) is 6.04. The third-order valence-electron chi connectivity index (χ3n) is 2.60. The van der Waals surface area contributed by atoms with Gasteiger partial charge in [0.25, 0.3) is 5.91 Å². The highest BCUT2D eigenvalue weighted by atomic mass is 19.3. The molecule has 0 radical (unpaired) electrons. The molecule has 1 amide bonds. The number of hydrogen-bond donors (Lipinski definition) is 1. The smallest absolute Gasteiger partial charge is 0.387 e. The molecule has 0 spiro atoms. The fraction of sp³-hybridized carbons (Fsp3) is 0.333. The standard InChI is InChI=1S/C15H16F2N2O2/c1-2-3-8-19-14(20)12(10-18)9-11-4-6-13(7-5-11)21-15(16)17/h4-7,9,15H,2-3,8H2,1H3,(H,19,20). The molecule has 0 saturated heterocycles. The first-order valence-corrected chi connectivity index (χ1v) is 6.51. The van der Waals surface area contributed by atoms with Crippen molar-refractivity contribution in [3.8, 4) is 11.8 Å². The summed E-state index contributed by atoms with van der Waals surface area (Å²) in [6.45, 7) is -0.378. The van der Waals surface area contributed by atoms with Crippen LogP contribution in [-0.4, -0.2) is 19.1 Å². The summed E-state index contributed by atoms with van der Waals surface area (Å²) in [6.07, 6.45) is 3.18. The Morgan fingerprint density at radius 3 is 2.62 bits per heavy atom. The lowest BCUT2D eigenvalue weighted by molar-refractivity contribution is -0.117. The predicted molar refractivity (Wildman–Crippen MR) is 74.6 cm³/mol. The van der Waals surface area contributed by atoms with Crippen molar-refractivity contribution in [1.29, 1.82) is 5.26 Å². The number of nitriles is 1. The number of nitrogens with zero attached hydrogens (tertiary/aromatic N) is 1. The van der Waals surface area contributed by atoms with Crippen molar-refractivity contribution in [3.05, 3.63) is 35.4 Å². The fourth-order valence-corrected chi connectivity index (χ4v) is 1.53. The molecule has 0 aliphatic heterocycles. The van der Waals surface area contributed by atoms with Gasteiger partial charge in [0.05, 0.1) is 0 Å². The zero-order valence-corrected chi connectivity index (χ0v) is 11.6. The SMILES string of the molecule is CCCCNC(=O)C(C#N)=Cc1ccc(OC(F)F)cc1. The molecule has 1 rings (SSSR count). The van der Waals surface area contributed by atoms with Crippen molar-refractivity contribution in [2.24, 2.45) is 0 Å². The normalized spacial score (nSPS) is 11.1. The highest BCUT2D eigenvalue weighted by Gasteiger charge is 2.08. The quantitative estimate of drug-likeness (QED) is 0.477. The Morgan fingerprint density at radius 1 is 1.43 bits per heavy atom. The van der Waals surface area contributed by atoms with Crippen LogP contribution >= 0.6 is 0 Å². The van der Waals surface area contributed by atoms with Crippen molar-refractivity contribution in [3.63, 3.8) is 0 Å². The maximum Gasteiger partial charge on any atom is 0.387 e. The minimum Gasteiger partial charge on any atom is -0.435 e. The topological polar surface area (TPSA) is 62.1 Å². The highest BCUT2D eigenvalue weighted by Crippen LogP contribution is 2.16. The molecule has 0 bridgehead atoms. The number of benzene rings is 1. The summed E-state index contributed by atoms with van der Waals surface area (Å²) in [5.74, 6) is -0.424. The van der Waals surface area contributed by atoms with Crippen LogP contribution in [0.2, 0.25) is 0 Å². The molecule has 1 aromatic carbocycles. The number of ether oxygens (including phenoxy) is 1. The lowest BCUT2D eigenvalue weighted by Gasteiger charge is -2.05. The predicted octanol–water partition coefficient (Wildman–Crippen LogP) is 3.11. The zero-order valence-electron chi connectivity index (χ0n) is 11.6. The maximum absolute atomic E-state index is 12.0. The van der Waals surface area contributed by atoms with E-state index in [0.29, 0.717) is 12.1 Å². The Hall–Kier alpha value is -2.42. The number of unbranched alkanes of at least 4 members (excludes halogenated alkanes) is 1. The molecular formula is C15H16F2N2O2. The van der Waals surface area contributed by atoms with Crippen molar-refractivity contribution >= 4 is 12.0 Å². The van der Waals surface area contributed by atoms with E-state index >= 15 is 0 Å². The Kier molecular flexibility index (Phi) is 6.88. The molecule has 21 heavy (non-hydrogen) atoms. The Bertz CT molecular complexity index is 534. The van der Waals surface area contributed by atoms with Crippen LogP contribution in [-0.2, 0) is 4.79 Å². The van der Waals surface area contributed by atoms with Crippen molar-refractivity contribution in [2.45, 2.75) is 26.4 Å². The molecule has 6 heteroatoms. The molecule has 0 fully saturated rings. The molecule has 112 valence electrons. The molecular weight excluding hydrogens is 278 g/mol. The number of halogens is 2. The van der Waals surface area contributed by atoms with Crippen molar-refractivity contribution in [2.75, 3.05) is 6.54 Å². The number of hydrogen-bond acceptors (Lipinski definition) is 3. The third-order valence-corrected chi connectivity index (χ3v) is 2.60. The van der Waals surface area contributed by atoms with Gasteiger partial charge in [0.1, 0.15) is 17.4 Å². The van der Waals surface area contributed by atoms with Gasteiger partial charge in [-0.05, 0) is 30.2 Å². The Balaban J connectivity index is 2.74. The lowest BCUT2D eigenvalue weighted by atomic mass is 10.1. The summed E-state index contributed by atoms with van der Waals surface area (Å²) >= 11 is 0. The second-order valence-corrected chi connectivity index (χ2v) is 4.23. The van der Waals surface area contributed by atoms with Gasteiger partial charge in [0.15, 0.2) is 0 Å². The van der Waals surface area contributed by atoms with Gasteiger partial charge < -0.3 is 10.1 Å².